The first-order valence-electron chi connectivity index (χ1n) is 8.28. The van der Waals surface area contributed by atoms with Gasteiger partial charge in [0.2, 0.25) is 10.0 Å². The van der Waals surface area contributed by atoms with Gasteiger partial charge in [0.15, 0.2) is 0 Å². The van der Waals surface area contributed by atoms with Crippen LogP contribution in [0.1, 0.15) is 31.9 Å². The summed E-state index contributed by atoms with van der Waals surface area (Å²) in [5.41, 5.74) is 3.07. The van der Waals surface area contributed by atoms with Crippen LogP contribution < -0.4 is 0 Å². The lowest BCUT2D eigenvalue weighted by molar-refractivity contribution is 0.460. The lowest BCUT2D eigenvalue weighted by Gasteiger charge is -2.14. The van der Waals surface area contributed by atoms with Gasteiger partial charge in [0.1, 0.15) is 0 Å². The highest BCUT2D eigenvalue weighted by Gasteiger charge is 2.28. The second-order valence-electron chi connectivity index (χ2n) is 6.79. The van der Waals surface area contributed by atoms with Crippen molar-refractivity contribution in [1.29, 1.82) is 0 Å². The third kappa shape index (κ3) is 3.67. The fourth-order valence-corrected chi connectivity index (χ4v) is 4.14. The van der Waals surface area contributed by atoms with E-state index in [-0.39, 0.29) is 6.04 Å². The third-order valence-electron chi connectivity index (χ3n) is 4.49. The predicted molar refractivity (Wildman–Crippen MR) is 94.1 cm³/mol. The summed E-state index contributed by atoms with van der Waals surface area (Å²) >= 11 is 0. The van der Waals surface area contributed by atoms with Gasteiger partial charge in [-0.3, -0.25) is 9.67 Å². The summed E-state index contributed by atoms with van der Waals surface area (Å²) < 4.78 is 26.7. The molecule has 2 aromatic rings. The van der Waals surface area contributed by atoms with E-state index in [0.29, 0.717) is 19.0 Å². The van der Waals surface area contributed by atoms with Crippen LogP contribution in [0.15, 0.2) is 30.6 Å². The summed E-state index contributed by atoms with van der Waals surface area (Å²) in [7, 11) is -3.07. The molecule has 6 nitrogen and oxygen atoms in total. The maximum atomic E-state index is 11.6. The molecule has 1 aliphatic rings. The Kier molecular flexibility index (Phi) is 4.73. The minimum Gasteiger partial charge on any atom is -0.261 e. The Hall–Kier alpha value is -1.73. The molecule has 0 aromatic carbocycles. The third-order valence-corrected chi connectivity index (χ3v) is 5.76. The predicted octanol–water partition coefficient (Wildman–Crippen LogP) is 2.35. The van der Waals surface area contributed by atoms with Crippen LogP contribution in [0.5, 0.6) is 0 Å². The molecule has 2 aromatic heterocycles. The summed E-state index contributed by atoms with van der Waals surface area (Å²) in [6, 6.07) is 6.37. The fourth-order valence-electron chi connectivity index (χ4n) is 3.22. The number of sulfonamides is 1. The maximum Gasteiger partial charge on any atom is 0.211 e. The van der Waals surface area contributed by atoms with Crippen molar-refractivity contribution in [2.75, 3.05) is 19.3 Å². The first kappa shape index (κ1) is 17.1. The molecule has 130 valence electrons. The average Bonchev–Trinajstić information content (AvgIpc) is 3.16. The molecule has 1 atom stereocenters. The van der Waals surface area contributed by atoms with Gasteiger partial charge >= 0.3 is 0 Å². The molecule has 0 spiro atoms. The van der Waals surface area contributed by atoms with E-state index in [1.54, 1.807) is 10.5 Å². The van der Waals surface area contributed by atoms with E-state index in [4.69, 9.17) is 0 Å². The second-order valence-corrected chi connectivity index (χ2v) is 8.77. The minimum absolute atomic E-state index is 0.289. The zero-order valence-electron chi connectivity index (χ0n) is 14.4. The molecular weight excluding hydrogens is 324 g/mol. The normalized spacial score (nSPS) is 19.2. The Morgan fingerprint density at radius 3 is 2.67 bits per heavy atom. The molecule has 0 aliphatic carbocycles. The SMILES string of the molecule is CC(C)n1nccc1-c1ccc(CC2CCN(S(C)(=O)=O)C2)cn1. The molecule has 0 amide bonds. The van der Waals surface area contributed by atoms with Gasteiger partial charge in [-0.2, -0.15) is 5.10 Å². The van der Waals surface area contributed by atoms with Crippen LogP contribution in [0.25, 0.3) is 11.4 Å². The van der Waals surface area contributed by atoms with Crippen molar-refractivity contribution >= 4 is 10.0 Å². The molecule has 1 saturated heterocycles. The van der Waals surface area contributed by atoms with Gasteiger partial charge < -0.3 is 0 Å². The fraction of sp³-hybridized carbons (Fsp3) is 0.529. The summed E-state index contributed by atoms with van der Waals surface area (Å²) in [5, 5.41) is 4.34. The lowest BCUT2D eigenvalue weighted by atomic mass is 10.00. The summed E-state index contributed by atoms with van der Waals surface area (Å²) in [4.78, 5) is 4.58. The van der Waals surface area contributed by atoms with Crippen LogP contribution in [0.2, 0.25) is 0 Å². The van der Waals surface area contributed by atoms with Gasteiger partial charge in [-0.15, -0.1) is 0 Å². The van der Waals surface area contributed by atoms with E-state index in [1.807, 2.05) is 23.0 Å². The molecular formula is C17H24N4O2S. The van der Waals surface area contributed by atoms with Crippen LogP contribution >= 0.6 is 0 Å². The molecule has 1 fully saturated rings. The molecule has 3 rings (SSSR count). The number of hydrogen-bond acceptors (Lipinski definition) is 4. The summed E-state index contributed by atoms with van der Waals surface area (Å²) in [6.07, 6.45) is 6.75. The number of nitrogens with zero attached hydrogens (tertiary/aromatic N) is 4. The summed E-state index contributed by atoms with van der Waals surface area (Å²) in [5.74, 6) is 0.369. The molecule has 7 heteroatoms. The van der Waals surface area contributed by atoms with Crippen LogP contribution in [0, 0.1) is 5.92 Å². The van der Waals surface area contributed by atoms with Crippen LogP contribution in [-0.4, -0.2) is 46.8 Å². The zero-order valence-corrected chi connectivity index (χ0v) is 15.2. The number of pyridine rings is 1. The van der Waals surface area contributed by atoms with Crippen molar-refractivity contribution in [2.24, 2.45) is 5.92 Å². The van der Waals surface area contributed by atoms with Crippen molar-refractivity contribution in [3.8, 4) is 11.4 Å². The smallest absolute Gasteiger partial charge is 0.211 e. The van der Waals surface area contributed by atoms with Crippen LogP contribution in [0.3, 0.4) is 0 Å². The topological polar surface area (TPSA) is 68.1 Å². The van der Waals surface area contributed by atoms with Crippen molar-refractivity contribution in [3.63, 3.8) is 0 Å². The zero-order chi connectivity index (χ0) is 17.3. The van der Waals surface area contributed by atoms with Gasteiger partial charge in [0.25, 0.3) is 0 Å². The van der Waals surface area contributed by atoms with E-state index < -0.39 is 10.0 Å². The van der Waals surface area contributed by atoms with Gasteiger partial charge in [0.05, 0.1) is 17.6 Å². The number of aromatic nitrogens is 3. The molecule has 0 radical (unpaired) electrons. The first-order valence-corrected chi connectivity index (χ1v) is 10.1. The van der Waals surface area contributed by atoms with E-state index >= 15 is 0 Å². The monoisotopic (exact) mass is 348 g/mol. The Bertz CT molecular complexity index is 796. The Balaban J connectivity index is 1.69. The molecule has 3 heterocycles. The van der Waals surface area contributed by atoms with Crippen molar-refractivity contribution < 1.29 is 8.42 Å². The number of rotatable bonds is 5. The Labute approximate surface area is 143 Å². The van der Waals surface area contributed by atoms with Crippen molar-refractivity contribution in [2.45, 2.75) is 32.7 Å². The lowest BCUT2D eigenvalue weighted by Crippen LogP contribution is -2.27. The van der Waals surface area contributed by atoms with E-state index in [0.717, 1.165) is 29.8 Å². The summed E-state index contributed by atoms with van der Waals surface area (Å²) in [6.45, 7) is 5.43. The van der Waals surface area contributed by atoms with Crippen molar-refractivity contribution in [3.05, 3.63) is 36.2 Å². The van der Waals surface area contributed by atoms with E-state index in [1.165, 1.54) is 6.26 Å². The average molecular weight is 348 g/mol. The van der Waals surface area contributed by atoms with E-state index in [9.17, 15) is 8.42 Å². The van der Waals surface area contributed by atoms with Gasteiger partial charge in [-0.25, -0.2) is 12.7 Å². The van der Waals surface area contributed by atoms with E-state index in [2.05, 4.69) is 30.0 Å². The molecule has 1 aliphatic heterocycles. The standard InChI is InChI=1S/C17H24N4O2S/c1-13(2)21-17(6-8-19-21)16-5-4-14(11-18-16)10-15-7-9-20(12-15)24(3,22)23/h4-6,8,11,13,15H,7,9-10,12H2,1-3H3. The Morgan fingerprint density at radius 1 is 1.29 bits per heavy atom. The van der Waals surface area contributed by atoms with Crippen LogP contribution in [-0.2, 0) is 16.4 Å². The highest BCUT2D eigenvalue weighted by Crippen LogP contribution is 2.24. The van der Waals surface area contributed by atoms with Crippen molar-refractivity contribution in [1.82, 2.24) is 19.1 Å². The van der Waals surface area contributed by atoms with Crippen LogP contribution in [0.4, 0.5) is 0 Å². The quantitative estimate of drug-likeness (QED) is 0.832. The number of hydrogen-bond donors (Lipinski definition) is 0. The van der Waals surface area contributed by atoms with Gasteiger partial charge in [-0.1, -0.05) is 6.07 Å². The maximum absolute atomic E-state index is 11.6. The molecule has 0 N–H and O–H groups in total. The molecule has 0 bridgehead atoms. The van der Waals surface area contributed by atoms with Gasteiger partial charge in [-0.05, 0) is 50.3 Å². The van der Waals surface area contributed by atoms with Gasteiger partial charge in [0, 0.05) is 31.5 Å². The Morgan fingerprint density at radius 2 is 2.08 bits per heavy atom. The molecule has 1 unspecified atom stereocenters. The first-order chi connectivity index (χ1) is 11.3. The largest absolute Gasteiger partial charge is 0.261 e. The minimum atomic E-state index is -3.07. The second kappa shape index (κ2) is 6.64. The highest BCUT2D eigenvalue weighted by atomic mass is 32.2. The molecule has 24 heavy (non-hydrogen) atoms. The highest BCUT2D eigenvalue weighted by molar-refractivity contribution is 7.88. The molecule has 0 saturated carbocycles.